The Morgan fingerprint density at radius 1 is 1.18 bits per heavy atom. The lowest BCUT2D eigenvalue weighted by Crippen LogP contribution is -2.24. The van der Waals surface area contributed by atoms with Gasteiger partial charge in [-0.1, -0.05) is 30.0 Å². The van der Waals surface area contributed by atoms with Gasteiger partial charge in [-0.2, -0.15) is 0 Å². The molecule has 4 aromatic rings. The second-order valence-electron chi connectivity index (χ2n) is 7.47. The van der Waals surface area contributed by atoms with Crippen LogP contribution in [0.4, 0.5) is 0 Å². The Labute approximate surface area is 196 Å². The maximum atomic E-state index is 12.3. The quantitative estimate of drug-likeness (QED) is 0.357. The number of carbonyl (C=O) groups excluding carboxylic acids is 1. The highest BCUT2D eigenvalue weighted by Crippen LogP contribution is 2.25. The van der Waals surface area contributed by atoms with Gasteiger partial charge in [0, 0.05) is 25.4 Å². The number of ether oxygens (including phenoxy) is 1. The molecule has 9 heteroatoms. The Bertz CT molecular complexity index is 1220. The van der Waals surface area contributed by atoms with Gasteiger partial charge in [0.05, 0.1) is 12.0 Å². The molecule has 3 heterocycles. The highest BCUT2D eigenvalue weighted by molar-refractivity contribution is 7.99. The number of furan rings is 1. The van der Waals surface area contributed by atoms with Crippen LogP contribution in [-0.2, 0) is 17.9 Å². The number of pyridine rings is 1. The number of carbonyl (C=O) groups is 1. The lowest BCUT2D eigenvalue weighted by atomic mass is 10.1. The molecule has 0 aliphatic carbocycles. The number of thioether (sulfide) groups is 1. The average molecular weight is 464 g/mol. The van der Waals surface area contributed by atoms with Crippen molar-refractivity contribution in [3.8, 4) is 23.2 Å². The first kappa shape index (κ1) is 22.6. The maximum Gasteiger partial charge on any atom is 0.230 e. The summed E-state index contributed by atoms with van der Waals surface area (Å²) in [6.45, 7) is 7.08. The molecule has 0 aliphatic heterocycles. The standard InChI is InChI=1S/C24H25N5O3S/c1-4-29-23(19-6-5-11-31-19)27-28-24(29)33-15-21(30)25-13-18-9-10-22(26-14-18)32-20-12-16(2)7-8-17(20)3/h5-12,14H,4,13,15H2,1-3H3,(H,25,30). The topological polar surface area (TPSA) is 95.1 Å². The summed E-state index contributed by atoms with van der Waals surface area (Å²) >= 11 is 1.34. The van der Waals surface area contributed by atoms with Crippen LogP contribution in [0, 0.1) is 13.8 Å². The molecule has 4 rings (SSSR count). The van der Waals surface area contributed by atoms with Crippen molar-refractivity contribution in [3.05, 3.63) is 71.6 Å². The summed E-state index contributed by atoms with van der Waals surface area (Å²) in [5.74, 6) is 2.74. The fraction of sp³-hybridized carbons (Fsp3) is 0.250. The molecule has 1 aromatic carbocycles. The molecular formula is C24H25N5O3S. The first-order valence-electron chi connectivity index (χ1n) is 10.6. The second kappa shape index (κ2) is 10.4. The number of hydrogen-bond acceptors (Lipinski definition) is 7. The van der Waals surface area contributed by atoms with Crippen LogP contribution < -0.4 is 10.1 Å². The van der Waals surface area contributed by atoms with Gasteiger partial charge < -0.3 is 14.5 Å². The lowest BCUT2D eigenvalue weighted by molar-refractivity contribution is -0.118. The Morgan fingerprint density at radius 2 is 2.06 bits per heavy atom. The number of aromatic nitrogens is 4. The molecule has 1 N–H and O–H groups in total. The van der Waals surface area contributed by atoms with Crippen LogP contribution in [-0.4, -0.2) is 31.4 Å². The van der Waals surface area contributed by atoms with Crippen molar-refractivity contribution in [2.45, 2.75) is 39.0 Å². The minimum Gasteiger partial charge on any atom is -0.461 e. The molecular weight excluding hydrogens is 438 g/mol. The zero-order valence-electron chi connectivity index (χ0n) is 18.7. The van der Waals surface area contributed by atoms with Crippen LogP contribution in [0.3, 0.4) is 0 Å². The molecule has 3 aromatic heterocycles. The molecule has 1 amide bonds. The number of aryl methyl sites for hydroxylation is 2. The van der Waals surface area contributed by atoms with Crippen LogP contribution in [0.25, 0.3) is 11.6 Å². The van der Waals surface area contributed by atoms with Gasteiger partial charge in [0.25, 0.3) is 0 Å². The van der Waals surface area contributed by atoms with E-state index in [-0.39, 0.29) is 11.7 Å². The molecule has 0 aliphatic rings. The Kier molecular flexibility index (Phi) is 7.09. The van der Waals surface area contributed by atoms with Gasteiger partial charge in [-0.25, -0.2) is 4.98 Å². The Hall–Kier alpha value is -3.59. The lowest BCUT2D eigenvalue weighted by Gasteiger charge is -2.10. The summed E-state index contributed by atoms with van der Waals surface area (Å²) in [5, 5.41) is 12.0. The molecule has 0 saturated heterocycles. The summed E-state index contributed by atoms with van der Waals surface area (Å²) in [7, 11) is 0. The molecule has 0 radical (unpaired) electrons. The number of hydrogen-bond donors (Lipinski definition) is 1. The van der Waals surface area contributed by atoms with E-state index >= 15 is 0 Å². The van der Waals surface area contributed by atoms with Crippen molar-refractivity contribution in [2.75, 3.05) is 5.75 Å². The molecule has 170 valence electrons. The third-order valence-electron chi connectivity index (χ3n) is 4.95. The monoisotopic (exact) mass is 463 g/mol. The second-order valence-corrected chi connectivity index (χ2v) is 8.41. The van der Waals surface area contributed by atoms with E-state index in [0.717, 1.165) is 22.4 Å². The number of rotatable bonds is 9. The smallest absolute Gasteiger partial charge is 0.230 e. The molecule has 0 fully saturated rings. The summed E-state index contributed by atoms with van der Waals surface area (Å²) < 4.78 is 13.2. The molecule has 0 atom stereocenters. The van der Waals surface area contributed by atoms with Gasteiger partial charge in [-0.05, 0) is 55.7 Å². The maximum absolute atomic E-state index is 12.3. The number of amides is 1. The van der Waals surface area contributed by atoms with E-state index in [1.54, 1.807) is 24.6 Å². The van der Waals surface area contributed by atoms with Crippen molar-refractivity contribution >= 4 is 17.7 Å². The third-order valence-corrected chi connectivity index (χ3v) is 5.92. The van der Waals surface area contributed by atoms with Gasteiger partial charge in [0.1, 0.15) is 5.75 Å². The average Bonchev–Trinajstić information content (AvgIpc) is 3.49. The number of nitrogens with one attached hydrogen (secondary N) is 1. The highest BCUT2D eigenvalue weighted by Gasteiger charge is 2.16. The van der Waals surface area contributed by atoms with Crippen LogP contribution in [0.5, 0.6) is 11.6 Å². The number of nitrogens with zero attached hydrogens (tertiary/aromatic N) is 4. The van der Waals surface area contributed by atoms with E-state index in [4.69, 9.17) is 9.15 Å². The Balaban J connectivity index is 1.28. The van der Waals surface area contributed by atoms with Crippen molar-refractivity contribution in [3.63, 3.8) is 0 Å². The van der Waals surface area contributed by atoms with Crippen molar-refractivity contribution < 1.29 is 13.9 Å². The summed E-state index contributed by atoms with van der Waals surface area (Å²) in [6.07, 6.45) is 3.30. The highest BCUT2D eigenvalue weighted by atomic mass is 32.2. The van der Waals surface area contributed by atoms with E-state index in [9.17, 15) is 4.79 Å². The van der Waals surface area contributed by atoms with Crippen LogP contribution >= 0.6 is 11.8 Å². The van der Waals surface area contributed by atoms with Gasteiger partial charge in [-0.3, -0.25) is 9.36 Å². The largest absolute Gasteiger partial charge is 0.461 e. The van der Waals surface area contributed by atoms with E-state index < -0.39 is 0 Å². The normalized spacial score (nSPS) is 10.9. The SMILES string of the molecule is CCn1c(SCC(=O)NCc2ccc(Oc3cc(C)ccc3C)nc2)nnc1-c1ccco1. The van der Waals surface area contributed by atoms with Gasteiger partial charge in [-0.15, -0.1) is 10.2 Å². The summed E-state index contributed by atoms with van der Waals surface area (Å²) in [5.41, 5.74) is 3.06. The summed E-state index contributed by atoms with van der Waals surface area (Å²) in [6, 6.07) is 13.4. The first-order valence-corrected chi connectivity index (χ1v) is 11.6. The summed E-state index contributed by atoms with van der Waals surface area (Å²) in [4.78, 5) is 16.7. The van der Waals surface area contributed by atoms with Crippen LogP contribution in [0.2, 0.25) is 0 Å². The molecule has 8 nitrogen and oxygen atoms in total. The minimum absolute atomic E-state index is 0.0964. The zero-order valence-corrected chi connectivity index (χ0v) is 19.6. The fourth-order valence-electron chi connectivity index (χ4n) is 3.16. The van der Waals surface area contributed by atoms with Crippen molar-refractivity contribution in [1.29, 1.82) is 0 Å². The van der Waals surface area contributed by atoms with Crippen molar-refractivity contribution in [2.24, 2.45) is 0 Å². The third kappa shape index (κ3) is 5.61. The van der Waals surface area contributed by atoms with Crippen LogP contribution in [0.1, 0.15) is 23.6 Å². The van der Waals surface area contributed by atoms with E-state index in [2.05, 4.69) is 20.5 Å². The van der Waals surface area contributed by atoms with E-state index in [1.807, 2.05) is 55.7 Å². The molecule has 0 bridgehead atoms. The zero-order chi connectivity index (χ0) is 23.2. The molecule has 0 unspecified atom stereocenters. The van der Waals surface area contributed by atoms with Crippen molar-refractivity contribution in [1.82, 2.24) is 25.1 Å². The fourth-order valence-corrected chi connectivity index (χ4v) is 3.99. The van der Waals surface area contributed by atoms with Gasteiger partial charge in [0.15, 0.2) is 16.7 Å². The molecule has 0 spiro atoms. The predicted molar refractivity (Wildman–Crippen MR) is 126 cm³/mol. The number of benzene rings is 1. The van der Waals surface area contributed by atoms with E-state index in [0.29, 0.717) is 35.7 Å². The van der Waals surface area contributed by atoms with Gasteiger partial charge in [0.2, 0.25) is 11.8 Å². The predicted octanol–water partition coefficient (Wildman–Crippen LogP) is 4.77. The molecule has 0 saturated carbocycles. The van der Waals surface area contributed by atoms with Crippen LogP contribution in [0.15, 0.2) is 64.5 Å². The van der Waals surface area contributed by atoms with E-state index in [1.165, 1.54) is 11.8 Å². The molecule has 33 heavy (non-hydrogen) atoms. The Morgan fingerprint density at radius 3 is 2.79 bits per heavy atom. The minimum atomic E-state index is -0.0964. The first-order chi connectivity index (χ1) is 16.0. The van der Waals surface area contributed by atoms with Gasteiger partial charge >= 0.3 is 0 Å².